The Labute approximate surface area is 145 Å². The summed E-state index contributed by atoms with van der Waals surface area (Å²) in [5, 5.41) is 8.02. The van der Waals surface area contributed by atoms with Gasteiger partial charge in [0.25, 0.3) is 5.91 Å². The van der Waals surface area contributed by atoms with E-state index in [9.17, 15) is 4.79 Å². The Hall–Kier alpha value is -1.73. The molecule has 0 saturated carbocycles. The normalized spacial score (nSPS) is 20.7. The SMILES string of the molecule is Cc1cc(C[C@@H]2COC[C@@H]2NC(=O)c2sc(C(C)C)nc2C)on1. The lowest BCUT2D eigenvalue weighted by molar-refractivity contribution is 0.0928. The van der Waals surface area contributed by atoms with Gasteiger partial charge in [0.2, 0.25) is 0 Å². The first-order valence-corrected chi connectivity index (χ1v) is 9.03. The van der Waals surface area contributed by atoms with Crippen LogP contribution in [0.4, 0.5) is 0 Å². The van der Waals surface area contributed by atoms with Crippen LogP contribution in [-0.4, -0.2) is 35.3 Å². The summed E-state index contributed by atoms with van der Waals surface area (Å²) in [6.45, 7) is 9.09. The van der Waals surface area contributed by atoms with Crippen LogP contribution < -0.4 is 5.32 Å². The number of thiazole rings is 1. The molecule has 0 radical (unpaired) electrons. The zero-order chi connectivity index (χ0) is 17.3. The molecule has 130 valence electrons. The second-order valence-corrected chi connectivity index (χ2v) is 7.67. The summed E-state index contributed by atoms with van der Waals surface area (Å²) >= 11 is 1.48. The number of aryl methyl sites for hydroxylation is 2. The highest BCUT2D eigenvalue weighted by Crippen LogP contribution is 2.26. The fourth-order valence-corrected chi connectivity index (χ4v) is 3.81. The van der Waals surface area contributed by atoms with Gasteiger partial charge in [-0.2, -0.15) is 0 Å². The fourth-order valence-electron chi connectivity index (χ4n) is 2.84. The molecule has 7 heteroatoms. The maximum absolute atomic E-state index is 12.6. The molecule has 1 saturated heterocycles. The number of aromatic nitrogens is 2. The summed E-state index contributed by atoms with van der Waals surface area (Å²) in [6.07, 6.45) is 0.713. The highest BCUT2D eigenvalue weighted by molar-refractivity contribution is 7.13. The smallest absolute Gasteiger partial charge is 0.263 e. The lowest BCUT2D eigenvalue weighted by atomic mass is 9.98. The Bertz CT molecular complexity index is 722. The summed E-state index contributed by atoms with van der Waals surface area (Å²) in [4.78, 5) is 17.8. The Morgan fingerprint density at radius 3 is 2.83 bits per heavy atom. The average Bonchev–Trinajstić information content (AvgIpc) is 3.21. The molecule has 6 nitrogen and oxygen atoms in total. The first kappa shape index (κ1) is 17.1. The van der Waals surface area contributed by atoms with Crippen molar-refractivity contribution in [1.29, 1.82) is 0 Å². The minimum absolute atomic E-state index is 0.0214. The second-order valence-electron chi connectivity index (χ2n) is 6.64. The van der Waals surface area contributed by atoms with E-state index in [1.165, 1.54) is 11.3 Å². The van der Waals surface area contributed by atoms with Crippen LogP contribution in [-0.2, 0) is 11.2 Å². The minimum atomic E-state index is -0.0637. The van der Waals surface area contributed by atoms with E-state index in [1.807, 2.05) is 19.9 Å². The molecule has 24 heavy (non-hydrogen) atoms. The standard InChI is InChI=1S/C17H23N3O3S/c1-9(2)17-18-11(4)15(24-17)16(21)19-14-8-22-7-12(14)6-13-5-10(3)20-23-13/h5,9,12,14H,6-8H2,1-4H3,(H,19,21)/t12-,14+/m1/s1. The number of rotatable bonds is 5. The van der Waals surface area contributed by atoms with Gasteiger partial charge in [-0.15, -0.1) is 11.3 Å². The maximum Gasteiger partial charge on any atom is 0.263 e. The lowest BCUT2D eigenvalue weighted by Crippen LogP contribution is -2.40. The molecule has 1 amide bonds. The molecule has 3 heterocycles. The third-order valence-electron chi connectivity index (χ3n) is 4.17. The van der Waals surface area contributed by atoms with Crippen LogP contribution in [0.3, 0.4) is 0 Å². The van der Waals surface area contributed by atoms with E-state index in [4.69, 9.17) is 9.26 Å². The summed E-state index contributed by atoms with van der Waals surface area (Å²) in [5.41, 5.74) is 1.66. The third-order valence-corrected chi connectivity index (χ3v) is 5.63. The highest BCUT2D eigenvalue weighted by Gasteiger charge is 2.32. The monoisotopic (exact) mass is 349 g/mol. The van der Waals surface area contributed by atoms with Crippen LogP contribution in [0.15, 0.2) is 10.6 Å². The minimum Gasteiger partial charge on any atom is -0.379 e. The van der Waals surface area contributed by atoms with Gasteiger partial charge in [0, 0.05) is 24.3 Å². The van der Waals surface area contributed by atoms with E-state index in [-0.39, 0.29) is 17.9 Å². The van der Waals surface area contributed by atoms with Crippen molar-refractivity contribution in [3.63, 3.8) is 0 Å². The van der Waals surface area contributed by atoms with Crippen molar-refractivity contribution < 1.29 is 14.1 Å². The summed E-state index contributed by atoms with van der Waals surface area (Å²) in [7, 11) is 0. The van der Waals surface area contributed by atoms with E-state index in [0.29, 0.717) is 30.4 Å². The van der Waals surface area contributed by atoms with E-state index >= 15 is 0 Å². The van der Waals surface area contributed by atoms with Crippen molar-refractivity contribution in [2.45, 2.75) is 46.1 Å². The molecule has 2 aromatic rings. The van der Waals surface area contributed by atoms with Gasteiger partial charge < -0.3 is 14.6 Å². The fraction of sp³-hybridized carbons (Fsp3) is 0.588. The van der Waals surface area contributed by atoms with Crippen molar-refractivity contribution in [2.24, 2.45) is 5.92 Å². The van der Waals surface area contributed by atoms with Crippen LogP contribution in [0, 0.1) is 19.8 Å². The first-order chi connectivity index (χ1) is 11.4. The molecule has 0 spiro atoms. The molecular weight excluding hydrogens is 326 g/mol. The van der Waals surface area contributed by atoms with E-state index in [2.05, 4.69) is 29.3 Å². The van der Waals surface area contributed by atoms with E-state index < -0.39 is 0 Å². The topological polar surface area (TPSA) is 77.2 Å². The van der Waals surface area contributed by atoms with E-state index in [1.54, 1.807) is 0 Å². The van der Waals surface area contributed by atoms with Gasteiger partial charge in [0.1, 0.15) is 10.6 Å². The molecular formula is C17H23N3O3S. The maximum atomic E-state index is 12.6. The molecule has 2 atom stereocenters. The van der Waals surface area contributed by atoms with Gasteiger partial charge in [-0.05, 0) is 13.8 Å². The van der Waals surface area contributed by atoms with Crippen molar-refractivity contribution in [3.05, 3.63) is 33.1 Å². The number of carbonyl (C=O) groups is 1. The number of carbonyl (C=O) groups excluding carboxylic acids is 1. The summed E-state index contributed by atoms with van der Waals surface area (Å²) in [6, 6.07) is 1.91. The molecule has 2 aromatic heterocycles. The predicted octanol–water partition coefficient (Wildman–Crippen LogP) is 2.86. The Morgan fingerprint density at radius 2 is 2.21 bits per heavy atom. The van der Waals surface area contributed by atoms with Crippen molar-refractivity contribution in [1.82, 2.24) is 15.5 Å². The number of hydrogen-bond donors (Lipinski definition) is 1. The zero-order valence-electron chi connectivity index (χ0n) is 14.5. The lowest BCUT2D eigenvalue weighted by Gasteiger charge is -2.17. The number of nitrogens with one attached hydrogen (secondary N) is 1. The highest BCUT2D eigenvalue weighted by atomic mass is 32.1. The molecule has 0 unspecified atom stereocenters. The zero-order valence-corrected chi connectivity index (χ0v) is 15.3. The van der Waals surface area contributed by atoms with Gasteiger partial charge in [-0.1, -0.05) is 19.0 Å². The number of nitrogens with zero attached hydrogens (tertiary/aromatic N) is 2. The first-order valence-electron chi connectivity index (χ1n) is 8.22. The molecule has 1 aliphatic heterocycles. The van der Waals surface area contributed by atoms with Crippen LogP contribution in [0.5, 0.6) is 0 Å². The molecule has 0 aliphatic carbocycles. The Morgan fingerprint density at radius 1 is 1.42 bits per heavy atom. The number of hydrogen-bond acceptors (Lipinski definition) is 6. The summed E-state index contributed by atoms with van der Waals surface area (Å²) in [5.74, 6) is 1.29. The van der Waals surface area contributed by atoms with Gasteiger partial charge in [0.15, 0.2) is 0 Å². The average molecular weight is 349 g/mol. The molecule has 1 aliphatic rings. The van der Waals surface area contributed by atoms with Crippen LogP contribution in [0.2, 0.25) is 0 Å². The van der Waals surface area contributed by atoms with Crippen molar-refractivity contribution in [3.8, 4) is 0 Å². The Balaban J connectivity index is 1.66. The van der Waals surface area contributed by atoms with E-state index in [0.717, 1.165) is 22.2 Å². The molecule has 3 rings (SSSR count). The molecule has 1 N–H and O–H groups in total. The summed E-state index contributed by atoms with van der Waals surface area (Å²) < 4.78 is 10.9. The van der Waals surface area contributed by atoms with Crippen molar-refractivity contribution in [2.75, 3.05) is 13.2 Å². The molecule has 1 fully saturated rings. The van der Waals surface area contributed by atoms with Crippen LogP contribution in [0.25, 0.3) is 0 Å². The molecule has 0 aromatic carbocycles. The largest absolute Gasteiger partial charge is 0.379 e. The predicted molar refractivity (Wildman–Crippen MR) is 91.4 cm³/mol. The Kier molecular flexibility index (Phi) is 5.01. The number of amides is 1. The van der Waals surface area contributed by atoms with Gasteiger partial charge >= 0.3 is 0 Å². The number of ether oxygens (including phenoxy) is 1. The second kappa shape index (κ2) is 7.03. The van der Waals surface area contributed by atoms with Crippen LogP contribution in [0.1, 0.15) is 51.6 Å². The van der Waals surface area contributed by atoms with Gasteiger partial charge in [0.05, 0.1) is 35.7 Å². The van der Waals surface area contributed by atoms with Crippen LogP contribution >= 0.6 is 11.3 Å². The van der Waals surface area contributed by atoms with Gasteiger partial charge in [-0.3, -0.25) is 4.79 Å². The third kappa shape index (κ3) is 3.67. The quantitative estimate of drug-likeness (QED) is 0.898. The van der Waals surface area contributed by atoms with Crippen molar-refractivity contribution >= 4 is 17.2 Å². The van der Waals surface area contributed by atoms with Gasteiger partial charge in [-0.25, -0.2) is 4.98 Å². The molecule has 0 bridgehead atoms.